The van der Waals surface area contributed by atoms with E-state index in [2.05, 4.69) is 10.3 Å². The van der Waals surface area contributed by atoms with E-state index in [9.17, 15) is 19.2 Å². The molecule has 0 aliphatic carbocycles. The Morgan fingerprint density at radius 1 is 1.20 bits per heavy atom. The number of piperidine rings is 2. The molecule has 0 spiro atoms. The minimum atomic E-state index is -0.641. The predicted octanol–water partition coefficient (Wildman–Crippen LogP) is 1.41. The molecule has 4 amide bonds. The summed E-state index contributed by atoms with van der Waals surface area (Å²) in [5, 5.41) is 2.32. The number of hydrogen-bond acceptors (Lipinski definition) is 6. The Hall–Kier alpha value is -3.69. The number of imide groups is 1. The predicted molar refractivity (Wildman–Crippen MR) is 124 cm³/mol. The van der Waals surface area contributed by atoms with Crippen LogP contribution in [0.2, 0.25) is 0 Å². The van der Waals surface area contributed by atoms with E-state index in [1.54, 1.807) is 24.7 Å². The summed E-state index contributed by atoms with van der Waals surface area (Å²) in [5.74, 6) is -0.253. The summed E-state index contributed by atoms with van der Waals surface area (Å²) in [7, 11) is 0. The van der Waals surface area contributed by atoms with Gasteiger partial charge in [-0.1, -0.05) is 0 Å². The molecular weight excluding hydrogens is 450 g/mol. The molecule has 1 unspecified atom stereocenters. The second kappa shape index (κ2) is 9.52. The van der Waals surface area contributed by atoms with Crippen molar-refractivity contribution in [3.8, 4) is 5.75 Å². The number of carbonyl (C=O) groups is 4. The van der Waals surface area contributed by atoms with Gasteiger partial charge in [-0.25, -0.2) is 4.98 Å². The van der Waals surface area contributed by atoms with Gasteiger partial charge in [0, 0.05) is 37.0 Å². The normalized spacial score (nSPS) is 22.3. The lowest BCUT2D eigenvalue weighted by atomic mass is 10.0. The highest BCUT2D eigenvalue weighted by atomic mass is 16.5. The van der Waals surface area contributed by atoms with E-state index in [0.29, 0.717) is 37.4 Å². The number of benzene rings is 1. The summed E-state index contributed by atoms with van der Waals surface area (Å²) in [4.78, 5) is 57.1. The molecule has 2 fully saturated rings. The number of likely N-dealkylation sites (tertiary alicyclic amines) is 1. The summed E-state index contributed by atoms with van der Waals surface area (Å²) in [6.45, 7) is 3.57. The number of imidazole rings is 1. The highest BCUT2D eigenvalue weighted by Gasteiger charge is 2.39. The zero-order chi connectivity index (χ0) is 24.5. The lowest BCUT2D eigenvalue weighted by molar-refractivity contribution is -0.137. The van der Waals surface area contributed by atoms with Crippen LogP contribution in [0.1, 0.15) is 53.7 Å². The van der Waals surface area contributed by atoms with E-state index < -0.39 is 11.9 Å². The highest BCUT2D eigenvalue weighted by Crippen LogP contribution is 2.30. The monoisotopic (exact) mass is 479 g/mol. The van der Waals surface area contributed by atoms with Crippen molar-refractivity contribution in [2.24, 2.45) is 0 Å². The molecule has 10 heteroatoms. The smallest absolute Gasteiger partial charge is 0.255 e. The summed E-state index contributed by atoms with van der Waals surface area (Å²) in [6.07, 6.45) is 6.86. The molecule has 1 N–H and O–H groups in total. The van der Waals surface area contributed by atoms with Gasteiger partial charge < -0.3 is 19.1 Å². The largest absolute Gasteiger partial charge is 0.491 e. The molecule has 35 heavy (non-hydrogen) atoms. The standard InChI is InChI=1S/C25H29N5O5/c1-16-11-26-15-28(16)13-23(32)29-9-3-2-4-18(29)14-35-19-5-6-20-17(10-19)12-30(25(20)34)21-7-8-22(31)27-24(21)33/h5-6,10-11,15,18,21H,2-4,7-9,12-14H2,1H3,(H,27,31,33)/t18-,21?/m1/s1. The quantitative estimate of drug-likeness (QED) is 0.627. The third-order valence-electron chi connectivity index (χ3n) is 7.11. The van der Waals surface area contributed by atoms with Crippen LogP contribution in [0.4, 0.5) is 0 Å². The lowest BCUT2D eigenvalue weighted by Gasteiger charge is -2.35. The molecule has 2 saturated heterocycles. The molecule has 0 saturated carbocycles. The third kappa shape index (κ3) is 4.65. The maximum atomic E-state index is 13.0. The summed E-state index contributed by atoms with van der Waals surface area (Å²) in [5.41, 5.74) is 2.29. The second-order valence-corrected chi connectivity index (χ2v) is 9.43. The van der Waals surface area contributed by atoms with Crippen LogP contribution < -0.4 is 10.1 Å². The SMILES string of the molecule is Cc1cncn1CC(=O)N1CCCC[C@@H]1COc1ccc2c(c1)CN(C1CCC(=O)NC1=O)C2=O. The molecule has 5 rings (SSSR count). The summed E-state index contributed by atoms with van der Waals surface area (Å²) in [6, 6.07) is 4.66. The van der Waals surface area contributed by atoms with E-state index in [1.165, 1.54) is 4.90 Å². The van der Waals surface area contributed by atoms with Crippen molar-refractivity contribution in [3.63, 3.8) is 0 Å². The van der Waals surface area contributed by atoms with Gasteiger partial charge in [0.25, 0.3) is 5.91 Å². The number of fused-ring (bicyclic) bond motifs is 1. The average Bonchev–Trinajstić information content (AvgIpc) is 3.40. The van der Waals surface area contributed by atoms with Crippen molar-refractivity contribution in [2.45, 2.75) is 64.2 Å². The van der Waals surface area contributed by atoms with E-state index in [0.717, 1.165) is 30.5 Å². The lowest BCUT2D eigenvalue weighted by Crippen LogP contribution is -2.52. The van der Waals surface area contributed by atoms with Crippen LogP contribution in [0.15, 0.2) is 30.7 Å². The van der Waals surface area contributed by atoms with E-state index in [4.69, 9.17) is 4.74 Å². The van der Waals surface area contributed by atoms with Gasteiger partial charge in [0.05, 0.1) is 12.4 Å². The fraction of sp³-hybridized carbons (Fsp3) is 0.480. The van der Waals surface area contributed by atoms with Crippen molar-refractivity contribution in [1.29, 1.82) is 0 Å². The fourth-order valence-corrected chi connectivity index (χ4v) is 5.12. The number of nitrogens with one attached hydrogen (secondary N) is 1. The molecule has 0 bridgehead atoms. The van der Waals surface area contributed by atoms with Gasteiger partial charge in [-0.3, -0.25) is 24.5 Å². The molecule has 0 radical (unpaired) electrons. The van der Waals surface area contributed by atoms with Gasteiger partial charge >= 0.3 is 0 Å². The Balaban J connectivity index is 1.23. The molecule has 2 aromatic rings. The first-order valence-electron chi connectivity index (χ1n) is 12.1. The van der Waals surface area contributed by atoms with Crippen LogP contribution >= 0.6 is 0 Å². The first-order valence-corrected chi connectivity index (χ1v) is 12.1. The van der Waals surface area contributed by atoms with Crippen molar-refractivity contribution in [3.05, 3.63) is 47.5 Å². The first kappa shape index (κ1) is 23.1. The van der Waals surface area contributed by atoms with Crippen LogP contribution in [0.3, 0.4) is 0 Å². The second-order valence-electron chi connectivity index (χ2n) is 9.43. The minimum Gasteiger partial charge on any atom is -0.491 e. The van der Waals surface area contributed by atoms with Crippen LogP contribution in [0.25, 0.3) is 0 Å². The van der Waals surface area contributed by atoms with Crippen molar-refractivity contribution >= 4 is 23.6 Å². The molecule has 184 valence electrons. The van der Waals surface area contributed by atoms with Crippen molar-refractivity contribution < 1.29 is 23.9 Å². The number of carbonyl (C=O) groups excluding carboxylic acids is 4. The number of amides is 4. The molecule has 3 aliphatic rings. The molecule has 10 nitrogen and oxygen atoms in total. The maximum Gasteiger partial charge on any atom is 0.255 e. The molecule has 2 atom stereocenters. The van der Waals surface area contributed by atoms with Gasteiger partial charge in [0.2, 0.25) is 17.7 Å². The van der Waals surface area contributed by atoms with Crippen LogP contribution in [0.5, 0.6) is 5.75 Å². The summed E-state index contributed by atoms with van der Waals surface area (Å²) < 4.78 is 7.94. The number of nitrogens with zero attached hydrogens (tertiary/aromatic N) is 4. The van der Waals surface area contributed by atoms with E-state index in [-0.39, 0.29) is 36.7 Å². The maximum absolute atomic E-state index is 13.0. The zero-order valence-electron chi connectivity index (χ0n) is 19.7. The Kier molecular flexibility index (Phi) is 6.27. The van der Waals surface area contributed by atoms with Gasteiger partial charge in [-0.05, 0) is 56.4 Å². The topological polar surface area (TPSA) is 114 Å². The zero-order valence-corrected chi connectivity index (χ0v) is 19.7. The van der Waals surface area contributed by atoms with Crippen LogP contribution in [0, 0.1) is 6.92 Å². The van der Waals surface area contributed by atoms with Gasteiger partial charge in [0.1, 0.15) is 24.9 Å². The Labute approximate surface area is 203 Å². The first-order chi connectivity index (χ1) is 16.9. The van der Waals surface area contributed by atoms with Gasteiger partial charge in [-0.15, -0.1) is 0 Å². The van der Waals surface area contributed by atoms with Crippen LogP contribution in [-0.2, 0) is 27.5 Å². The third-order valence-corrected chi connectivity index (χ3v) is 7.11. The number of aromatic nitrogens is 2. The highest BCUT2D eigenvalue weighted by molar-refractivity contribution is 6.05. The fourth-order valence-electron chi connectivity index (χ4n) is 5.12. The van der Waals surface area contributed by atoms with Gasteiger partial charge in [-0.2, -0.15) is 0 Å². The number of rotatable bonds is 6. The number of aryl methyl sites for hydroxylation is 1. The molecule has 4 heterocycles. The Bertz CT molecular complexity index is 1170. The van der Waals surface area contributed by atoms with Gasteiger partial charge in [0.15, 0.2) is 0 Å². The minimum absolute atomic E-state index is 0.0186. The Morgan fingerprint density at radius 3 is 2.83 bits per heavy atom. The molecule has 3 aliphatic heterocycles. The van der Waals surface area contributed by atoms with Crippen molar-refractivity contribution in [1.82, 2.24) is 24.7 Å². The van der Waals surface area contributed by atoms with Crippen molar-refractivity contribution in [2.75, 3.05) is 13.2 Å². The Morgan fingerprint density at radius 2 is 2.06 bits per heavy atom. The molecule has 1 aromatic carbocycles. The molecule has 1 aromatic heterocycles. The van der Waals surface area contributed by atoms with E-state index in [1.807, 2.05) is 22.5 Å². The summed E-state index contributed by atoms with van der Waals surface area (Å²) >= 11 is 0. The number of hydrogen-bond donors (Lipinski definition) is 1. The van der Waals surface area contributed by atoms with E-state index >= 15 is 0 Å². The molecular formula is C25H29N5O5. The van der Waals surface area contributed by atoms with Crippen LogP contribution in [-0.4, -0.2) is 68.2 Å². The average molecular weight is 480 g/mol. The number of ether oxygens (including phenoxy) is 1.